The number of piperidine rings is 1. The van der Waals surface area contributed by atoms with Crippen LogP contribution in [0.15, 0.2) is 29.3 Å². The van der Waals surface area contributed by atoms with Crippen molar-refractivity contribution in [2.75, 3.05) is 25.0 Å². The van der Waals surface area contributed by atoms with Gasteiger partial charge in [0.2, 0.25) is 5.95 Å². The zero-order valence-corrected chi connectivity index (χ0v) is 24.3. The molecule has 41 heavy (non-hydrogen) atoms. The summed E-state index contributed by atoms with van der Waals surface area (Å²) < 4.78 is 1.74. The van der Waals surface area contributed by atoms with Gasteiger partial charge in [-0.2, -0.15) is 4.98 Å². The Morgan fingerprint density at radius 1 is 0.976 bits per heavy atom. The van der Waals surface area contributed by atoms with Crippen LogP contribution in [-0.2, 0) is 0 Å². The number of aromatic nitrogens is 4. The van der Waals surface area contributed by atoms with Gasteiger partial charge in [0.05, 0.1) is 5.56 Å². The lowest BCUT2D eigenvalue weighted by Gasteiger charge is -2.40. The molecule has 0 radical (unpaired) electrons. The number of anilines is 2. The van der Waals surface area contributed by atoms with E-state index in [1.54, 1.807) is 10.8 Å². The highest BCUT2D eigenvalue weighted by atomic mass is 16.3. The Morgan fingerprint density at radius 3 is 2.34 bits per heavy atom. The maximum absolute atomic E-state index is 13.5. The van der Waals surface area contributed by atoms with Crippen LogP contribution in [0.3, 0.4) is 0 Å². The Kier molecular flexibility index (Phi) is 8.17. The molecule has 9 nitrogen and oxygen atoms in total. The third-order valence-electron chi connectivity index (χ3n) is 9.87. The average molecular weight is 559 g/mol. The minimum atomic E-state index is -0.245. The lowest BCUT2D eigenvalue weighted by atomic mass is 9.83. The van der Waals surface area contributed by atoms with Gasteiger partial charge >= 0.3 is 0 Å². The number of carbonyl (C=O) groups is 1. The fourth-order valence-corrected chi connectivity index (χ4v) is 7.43. The van der Waals surface area contributed by atoms with E-state index in [2.05, 4.69) is 26.3 Å². The highest BCUT2D eigenvalue weighted by Crippen LogP contribution is 2.34. The number of Topliss-reactive ketones (excluding diaryl/α,β-unsaturated/α-hetero) is 1. The molecule has 9 heteroatoms. The van der Waals surface area contributed by atoms with Crippen molar-refractivity contribution in [1.29, 1.82) is 0 Å². The Hall–Kier alpha value is -3.17. The van der Waals surface area contributed by atoms with Crippen LogP contribution in [0, 0.1) is 12.8 Å². The lowest BCUT2D eigenvalue weighted by molar-refractivity contribution is 0.0906. The van der Waals surface area contributed by atoms with Gasteiger partial charge in [0, 0.05) is 36.5 Å². The highest BCUT2D eigenvalue weighted by molar-refractivity contribution is 5.99. The maximum Gasteiger partial charge on any atom is 0.263 e. The second-order valence-corrected chi connectivity index (χ2v) is 12.4. The number of fused-ring (bicyclic) bond motifs is 1. The van der Waals surface area contributed by atoms with Crippen LogP contribution in [0.1, 0.15) is 105 Å². The number of hydrogen-bond donors (Lipinski definition) is 2. The summed E-state index contributed by atoms with van der Waals surface area (Å²) in [6.45, 7) is 5.84. The molecule has 6 rings (SSSR count). The number of aliphatic hydroxyl groups excluding tert-OH is 1. The van der Waals surface area contributed by atoms with E-state index in [1.165, 1.54) is 25.3 Å². The van der Waals surface area contributed by atoms with Crippen LogP contribution < -0.4 is 10.9 Å². The fraction of sp³-hybridized carbons (Fsp3) is 0.594. The van der Waals surface area contributed by atoms with Gasteiger partial charge in [-0.15, -0.1) is 0 Å². The van der Waals surface area contributed by atoms with Crippen LogP contribution in [0.4, 0.5) is 11.8 Å². The molecule has 0 amide bonds. The lowest BCUT2D eigenvalue weighted by Crippen LogP contribution is -2.43. The number of nitrogens with one attached hydrogen (secondary N) is 1. The molecule has 3 aromatic rings. The van der Waals surface area contributed by atoms with Gasteiger partial charge in [0.1, 0.15) is 11.5 Å². The number of pyridine rings is 2. The highest BCUT2D eigenvalue weighted by Gasteiger charge is 2.30. The molecule has 1 saturated heterocycles. The molecule has 3 fully saturated rings. The van der Waals surface area contributed by atoms with Crippen LogP contribution >= 0.6 is 0 Å². The first-order chi connectivity index (χ1) is 19.9. The van der Waals surface area contributed by atoms with E-state index in [-0.39, 0.29) is 22.9 Å². The second-order valence-electron chi connectivity index (χ2n) is 12.4. The number of nitrogens with zero attached hydrogens (tertiary/aromatic N) is 5. The van der Waals surface area contributed by atoms with E-state index in [4.69, 9.17) is 4.98 Å². The van der Waals surface area contributed by atoms with E-state index >= 15 is 0 Å². The number of aryl methyl sites for hydroxylation is 1. The first-order valence-corrected chi connectivity index (χ1v) is 15.4. The third kappa shape index (κ3) is 5.66. The molecule has 0 spiro atoms. The maximum atomic E-state index is 13.5. The number of rotatable bonds is 7. The van der Waals surface area contributed by atoms with Crippen LogP contribution in [-0.4, -0.2) is 61.0 Å². The zero-order chi connectivity index (χ0) is 28.5. The van der Waals surface area contributed by atoms with E-state index in [1.807, 2.05) is 19.2 Å². The Labute approximate surface area is 241 Å². The van der Waals surface area contributed by atoms with Gasteiger partial charge in [-0.05, 0) is 107 Å². The summed E-state index contributed by atoms with van der Waals surface area (Å²) in [6.07, 6.45) is 14.7. The van der Waals surface area contributed by atoms with Crippen molar-refractivity contribution >= 4 is 28.6 Å². The van der Waals surface area contributed by atoms with Crippen molar-refractivity contribution in [3.63, 3.8) is 0 Å². The quantitative estimate of drug-likeness (QED) is 0.376. The summed E-state index contributed by atoms with van der Waals surface area (Å²) in [4.78, 5) is 42.5. The van der Waals surface area contributed by atoms with Crippen molar-refractivity contribution in [1.82, 2.24) is 24.4 Å². The molecule has 3 aliphatic rings. The molecular formula is C32H42N6O3. The topological polar surface area (TPSA) is 113 Å². The Balaban J connectivity index is 1.16. The number of likely N-dealkylation sites (tertiary alicyclic amines) is 1. The molecule has 4 heterocycles. The number of ketones is 1. The monoisotopic (exact) mass is 558 g/mol. The summed E-state index contributed by atoms with van der Waals surface area (Å²) in [6, 6.07) is 4.86. The third-order valence-corrected chi connectivity index (χ3v) is 9.87. The molecule has 2 N–H and O–H groups in total. The van der Waals surface area contributed by atoms with E-state index < -0.39 is 0 Å². The van der Waals surface area contributed by atoms with E-state index in [9.17, 15) is 14.7 Å². The standard InChI is InChI=1S/C32H42N6O3/c1-20-27-18-34-32(36-30(27)38(26-5-3-4-6-26)31(41)29(20)21(2)40)35-28-12-9-24(17-33-28)23-13-15-37(16-14-23)25-10-7-22(19-39)8-11-25/h9,12,17-18,22-23,25-26,39H,3-8,10-11,13-16,19H2,1-2H3,(H,33,34,35,36). The molecule has 0 aromatic carbocycles. The molecular weight excluding hydrogens is 516 g/mol. The van der Waals surface area contributed by atoms with Crippen molar-refractivity contribution < 1.29 is 9.90 Å². The van der Waals surface area contributed by atoms with Crippen molar-refractivity contribution in [2.24, 2.45) is 5.92 Å². The molecule has 0 bridgehead atoms. The SMILES string of the molecule is CC(=O)c1c(C)c2cnc(Nc3ccc(C4CCN(C5CCC(CO)CC5)CC4)cn3)nc2n(C2CCCC2)c1=O. The largest absolute Gasteiger partial charge is 0.396 e. The van der Waals surface area contributed by atoms with Crippen LogP contribution in [0.25, 0.3) is 11.0 Å². The van der Waals surface area contributed by atoms with Crippen LogP contribution in [0.2, 0.25) is 0 Å². The minimum Gasteiger partial charge on any atom is -0.396 e. The normalized spacial score (nSPS) is 22.8. The minimum absolute atomic E-state index is 0.0471. The molecule has 2 aliphatic carbocycles. The van der Waals surface area contributed by atoms with E-state index in [0.29, 0.717) is 47.5 Å². The molecule has 218 valence electrons. The first-order valence-electron chi connectivity index (χ1n) is 15.4. The summed E-state index contributed by atoms with van der Waals surface area (Å²) in [5, 5.41) is 13.4. The van der Waals surface area contributed by atoms with Crippen LogP contribution in [0.5, 0.6) is 0 Å². The predicted molar refractivity (Wildman–Crippen MR) is 160 cm³/mol. The zero-order valence-electron chi connectivity index (χ0n) is 24.3. The molecule has 2 saturated carbocycles. The number of hydrogen-bond acceptors (Lipinski definition) is 8. The van der Waals surface area contributed by atoms with Gasteiger partial charge in [0.15, 0.2) is 5.78 Å². The van der Waals surface area contributed by atoms with Gasteiger partial charge in [-0.3, -0.25) is 14.2 Å². The Bertz CT molecular complexity index is 1450. The Morgan fingerprint density at radius 2 is 1.71 bits per heavy atom. The molecule has 0 unspecified atom stereocenters. The van der Waals surface area contributed by atoms with Crippen molar-refractivity contribution in [3.05, 3.63) is 51.6 Å². The molecule has 3 aromatic heterocycles. The van der Waals surface area contributed by atoms with Crippen molar-refractivity contribution in [2.45, 2.75) is 96.1 Å². The van der Waals surface area contributed by atoms with Gasteiger partial charge in [-0.25, -0.2) is 9.97 Å². The summed E-state index contributed by atoms with van der Waals surface area (Å²) in [7, 11) is 0. The number of aliphatic hydroxyl groups is 1. The van der Waals surface area contributed by atoms with Gasteiger partial charge in [-0.1, -0.05) is 18.9 Å². The fourth-order valence-electron chi connectivity index (χ4n) is 7.43. The van der Waals surface area contributed by atoms with Gasteiger partial charge in [0.25, 0.3) is 5.56 Å². The summed E-state index contributed by atoms with van der Waals surface area (Å²) >= 11 is 0. The second kappa shape index (κ2) is 12.0. The average Bonchev–Trinajstić information content (AvgIpc) is 3.52. The van der Waals surface area contributed by atoms with Crippen molar-refractivity contribution in [3.8, 4) is 0 Å². The first kappa shape index (κ1) is 28.0. The molecule has 0 atom stereocenters. The summed E-state index contributed by atoms with van der Waals surface area (Å²) in [5.41, 5.74) is 2.48. The van der Waals surface area contributed by atoms with Gasteiger partial charge < -0.3 is 15.3 Å². The summed E-state index contributed by atoms with van der Waals surface area (Å²) in [5.74, 6) is 1.85. The predicted octanol–water partition coefficient (Wildman–Crippen LogP) is 5.29. The van der Waals surface area contributed by atoms with E-state index in [0.717, 1.165) is 69.8 Å². The molecule has 1 aliphatic heterocycles. The smallest absolute Gasteiger partial charge is 0.263 e. The number of carbonyl (C=O) groups excluding carboxylic acids is 1.